The van der Waals surface area contributed by atoms with E-state index >= 15 is 0 Å². The van der Waals surface area contributed by atoms with Gasteiger partial charge in [0, 0.05) is 23.0 Å². The number of hydrogen-bond acceptors (Lipinski definition) is 4. The molecule has 1 aromatic heterocycles. The summed E-state index contributed by atoms with van der Waals surface area (Å²) in [6.07, 6.45) is 1.60. The van der Waals surface area contributed by atoms with Crippen molar-refractivity contribution in [1.29, 1.82) is 0 Å². The van der Waals surface area contributed by atoms with Crippen LogP contribution in [0.3, 0.4) is 0 Å². The molecule has 0 bridgehead atoms. The van der Waals surface area contributed by atoms with Gasteiger partial charge < -0.3 is 15.4 Å². The van der Waals surface area contributed by atoms with Crippen molar-refractivity contribution in [2.75, 3.05) is 12.4 Å². The second-order valence-electron chi connectivity index (χ2n) is 7.44. The van der Waals surface area contributed by atoms with Gasteiger partial charge in [0.05, 0.1) is 24.9 Å². The molecule has 0 fully saturated rings. The number of carbonyl (C=O) groups excluding carboxylic acids is 1. The van der Waals surface area contributed by atoms with Crippen LogP contribution in [0.25, 0.3) is 11.3 Å². The number of para-hydroxylation sites is 1. The van der Waals surface area contributed by atoms with Gasteiger partial charge in [-0.2, -0.15) is 5.10 Å². The number of methoxy groups -OCH3 is 1. The average Bonchev–Trinajstić information content (AvgIpc) is 3.23. The van der Waals surface area contributed by atoms with E-state index in [0.717, 1.165) is 33.8 Å². The number of rotatable bonds is 5. The molecular weight excluding hydrogens is 388 g/mol. The minimum atomic E-state index is -0.395. The minimum Gasteiger partial charge on any atom is -0.497 e. The summed E-state index contributed by atoms with van der Waals surface area (Å²) < 4.78 is 7.32. The lowest BCUT2D eigenvalue weighted by Crippen LogP contribution is -2.38. The number of ether oxygens (including phenoxy) is 1. The second-order valence-corrected chi connectivity index (χ2v) is 7.44. The third-order valence-electron chi connectivity index (χ3n) is 5.38. The van der Waals surface area contributed by atoms with E-state index in [-0.39, 0.29) is 5.91 Å². The summed E-state index contributed by atoms with van der Waals surface area (Å²) in [5, 5.41) is 11.4. The van der Waals surface area contributed by atoms with Crippen LogP contribution in [0.4, 0.5) is 5.69 Å². The molecule has 3 aromatic carbocycles. The van der Waals surface area contributed by atoms with Gasteiger partial charge in [-0.15, -0.1) is 0 Å². The lowest BCUT2D eigenvalue weighted by molar-refractivity contribution is 0.0936. The van der Waals surface area contributed by atoms with Gasteiger partial charge in [0.1, 0.15) is 11.9 Å². The molecule has 1 unspecified atom stereocenters. The molecule has 31 heavy (non-hydrogen) atoms. The SMILES string of the molecule is COc1cccc(-c2nn(Cc3ccccc3)cc2C2NC(=O)c3ccccc3N2)c1. The molecule has 2 heterocycles. The quantitative estimate of drug-likeness (QED) is 0.510. The second kappa shape index (κ2) is 7.99. The monoisotopic (exact) mass is 410 g/mol. The van der Waals surface area contributed by atoms with Crippen molar-refractivity contribution in [3.8, 4) is 17.0 Å². The highest BCUT2D eigenvalue weighted by atomic mass is 16.5. The topological polar surface area (TPSA) is 68.2 Å². The Morgan fingerprint density at radius 3 is 2.61 bits per heavy atom. The smallest absolute Gasteiger partial charge is 0.255 e. The summed E-state index contributed by atoms with van der Waals surface area (Å²) in [5.74, 6) is 0.652. The van der Waals surface area contributed by atoms with Crippen LogP contribution in [-0.2, 0) is 6.54 Å². The lowest BCUT2D eigenvalue weighted by Gasteiger charge is -2.27. The highest BCUT2D eigenvalue weighted by molar-refractivity contribution is 6.01. The van der Waals surface area contributed by atoms with Crippen LogP contribution in [0.5, 0.6) is 5.75 Å². The molecule has 1 aliphatic heterocycles. The van der Waals surface area contributed by atoms with E-state index in [9.17, 15) is 4.79 Å². The number of anilines is 1. The highest BCUT2D eigenvalue weighted by Gasteiger charge is 2.28. The van der Waals surface area contributed by atoms with E-state index in [1.54, 1.807) is 7.11 Å². The Balaban J connectivity index is 1.57. The molecule has 5 rings (SSSR count). The maximum atomic E-state index is 12.7. The maximum Gasteiger partial charge on any atom is 0.255 e. The maximum absolute atomic E-state index is 12.7. The Hall–Kier alpha value is -4.06. The van der Waals surface area contributed by atoms with Crippen molar-refractivity contribution in [3.05, 3.63) is 102 Å². The number of benzene rings is 3. The van der Waals surface area contributed by atoms with Crippen LogP contribution in [0.1, 0.15) is 27.7 Å². The van der Waals surface area contributed by atoms with E-state index in [4.69, 9.17) is 9.84 Å². The minimum absolute atomic E-state index is 0.105. The summed E-state index contributed by atoms with van der Waals surface area (Å²) in [4.78, 5) is 12.7. The largest absolute Gasteiger partial charge is 0.497 e. The van der Waals surface area contributed by atoms with Crippen molar-refractivity contribution in [2.45, 2.75) is 12.7 Å². The van der Waals surface area contributed by atoms with Gasteiger partial charge in [0.2, 0.25) is 0 Å². The Morgan fingerprint density at radius 2 is 1.77 bits per heavy atom. The molecule has 2 N–H and O–H groups in total. The molecule has 0 spiro atoms. The fourth-order valence-corrected chi connectivity index (χ4v) is 3.86. The number of carbonyl (C=O) groups is 1. The van der Waals surface area contributed by atoms with E-state index in [2.05, 4.69) is 22.8 Å². The molecule has 6 nitrogen and oxygen atoms in total. The zero-order valence-electron chi connectivity index (χ0n) is 17.1. The molecule has 0 aliphatic carbocycles. The number of nitrogens with zero attached hydrogens (tertiary/aromatic N) is 2. The van der Waals surface area contributed by atoms with Gasteiger partial charge >= 0.3 is 0 Å². The summed E-state index contributed by atoms with van der Waals surface area (Å²) in [5.41, 5.74) is 5.22. The normalized spacial score (nSPS) is 15.0. The van der Waals surface area contributed by atoms with Gasteiger partial charge in [-0.25, -0.2) is 0 Å². The molecule has 1 atom stereocenters. The average molecular weight is 410 g/mol. The van der Waals surface area contributed by atoms with Crippen LogP contribution in [0.2, 0.25) is 0 Å². The zero-order valence-corrected chi connectivity index (χ0v) is 17.1. The van der Waals surface area contributed by atoms with Crippen LogP contribution in [0, 0.1) is 0 Å². The fraction of sp³-hybridized carbons (Fsp3) is 0.120. The van der Waals surface area contributed by atoms with Gasteiger partial charge in [-0.3, -0.25) is 9.48 Å². The molecule has 6 heteroatoms. The number of fused-ring (bicyclic) bond motifs is 1. The third kappa shape index (κ3) is 3.75. The third-order valence-corrected chi connectivity index (χ3v) is 5.38. The van der Waals surface area contributed by atoms with Crippen molar-refractivity contribution in [3.63, 3.8) is 0 Å². The summed E-state index contributed by atoms with van der Waals surface area (Å²) in [7, 11) is 1.65. The van der Waals surface area contributed by atoms with Crippen molar-refractivity contribution in [1.82, 2.24) is 15.1 Å². The van der Waals surface area contributed by atoms with E-state index in [1.807, 2.05) is 77.6 Å². The molecule has 0 saturated carbocycles. The van der Waals surface area contributed by atoms with Crippen molar-refractivity contribution >= 4 is 11.6 Å². The number of nitrogens with one attached hydrogen (secondary N) is 2. The Labute approximate surface area is 180 Å². The summed E-state index contributed by atoms with van der Waals surface area (Å²) in [6.45, 7) is 0.634. The Morgan fingerprint density at radius 1 is 0.968 bits per heavy atom. The predicted molar refractivity (Wildman–Crippen MR) is 120 cm³/mol. The first-order valence-corrected chi connectivity index (χ1v) is 10.1. The molecule has 0 saturated heterocycles. The number of aromatic nitrogens is 2. The fourth-order valence-electron chi connectivity index (χ4n) is 3.86. The van der Waals surface area contributed by atoms with Crippen molar-refractivity contribution in [2.24, 2.45) is 0 Å². The number of amides is 1. The van der Waals surface area contributed by atoms with Crippen LogP contribution >= 0.6 is 0 Å². The van der Waals surface area contributed by atoms with E-state index in [0.29, 0.717) is 12.1 Å². The highest BCUT2D eigenvalue weighted by Crippen LogP contribution is 2.33. The number of hydrogen-bond donors (Lipinski definition) is 2. The molecule has 1 aliphatic rings. The predicted octanol–water partition coefficient (Wildman–Crippen LogP) is 4.46. The summed E-state index contributed by atoms with van der Waals surface area (Å²) in [6, 6.07) is 25.5. The van der Waals surface area contributed by atoms with Gasteiger partial charge in [0.15, 0.2) is 0 Å². The molecule has 154 valence electrons. The zero-order chi connectivity index (χ0) is 21.2. The first-order chi connectivity index (χ1) is 15.2. The standard InChI is InChI=1S/C25H22N4O2/c1-31-19-11-7-10-18(14-19)23-21(16-29(28-23)15-17-8-3-2-4-9-17)24-26-22-13-6-5-12-20(22)25(30)27-24/h2-14,16,24,26H,15H2,1H3,(H,27,30). The van der Waals surface area contributed by atoms with Gasteiger partial charge in [-0.1, -0.05) is 54.6 Å². The Kier molecular flexibility index (Phi) is 4.88. The van der Waals surface area contributed by atoms with Crippen LogP contribution in [0.15, 0.2) is 85.1 Å². The first kappa shape index (κ1) is 18.9. The van der Waals surface area contributed by atoms with Gasteiger partial charge in [0.25, 0.3) is 5.91 Å². The van der Waals surface area contributed by atoms with E-state index < -0.39 is 6.17 Å². The first-order valence-electron chi connectivity index (χ1n) is 10.1. The van der Waals surface area contributed by atoms with Crippen LogP contribution < -0.4 is 15.4 Å². The Bertz CT molecular complexity index is 1230. The van der Waals surface area contributed by atoms with E-state index in [1.165, 1.54) is 0 Å². The van der Waals surface area contributed by atoms with Crippen LogP contribution in [-0.4, -0.2) is 22.8 Å². The molecule has 0 radical (unpaired) electrons. The van der Waals surface area contributed by atoms with Crippen molar-refractivity contribution < 1.29 is 9.53 Å². The molecule has 1 amide bonds. The lowest BCUT2D eigenvalue weighted by atomic mass is 10.0. The molecule has 4 aromatic rings. The summed E-state index contributed by atoms with van der Waals surface area (Å²) >= 11 is 0. The molecular formula is C25H22N4O2. The van der Waals surface area contributed by atoms with Gasteiger partial charge in [-0.05, 0) is 29.8 Å².